The number of pyridine rings is 1. The molecule has 0 bridgehead atoms. The van der Waals surface area contributed by atoms with Crippen molar-refractivity contribution in [3.05, 3.63) is 28.5 Å². The Morgan fingerprint density at radius 2 is 1.89 bits per heavy atom. The Bertz CT molecular complexity index is 473. The molecule has 19 heavy (non-hydrogen) atoms. The third-order valence-electron chi connectivity index (χ3n) is 3.24. The summed E-state index contributed by atoms with van der Waals surface area (Å²) in [5.74, 6) is -0.441. The fourth-order valence-electron chi connectivity index (χ4n) is 2.19. The van der Waals surface area contributed by atoms with Crippen LogP contribution in [0.3, 0.4) is 0 Å². The van der Waals surface area contributed by atoms with Crippen LogP contribution in [0.5, 0.6) is 0 Å². The highest BCUT2D eigenvalue weighted by Gasteiger charge is 2.21. The number of nitrogens with zero attached hydrogens (tertiary/aromatic N) is 1. The second-order valence-corrected chi connectivity index (χ2v) is 5.59. The molecule has 0 saturated heterocycles. The van der Waals surface area contributed by atoms with Gasteiger partial charge in [0.15, 0.2) is 0 Å². The van der Waals surface area contributed by atoms with Gasteiger partial charge in [-0.1, -0.05) is 19.3 Å². The minimum absolute atomic E-state index is 0.0229. The van der Waals surface area contributed by atoms with Gasteiger partial charge in [-0.25, -0.2) is 0 Å². The van der Waals surface area contributed by atoms with Gasteiger partial charge in [-0.15, -0.1) is 0 Å². The van der Waals surface area contributed by atoms with Gasteiger partial charge in [-0.2, -0.15) is 0 Å². The van der Waals surface area contributed by atoms with E-state index in [0.717, 1.165) is 30.2 Å². The van der Waals surface area contributed by atoms with Crippen LogP contribution in [0.25, 0.3) is 0 Å². The van der Waals surface area contributed by atoms with Gasteiger partial charge in [0.05, 0.1) is 5.56 Å². The smallest absolute Gasteiger partial charge is 0.271 e. The number of hydrogen-bond acceptors (Lipinski definition) is 3. The van der Waals surface area contributed by atoms with E-state index in [1.54, 1.807) is 12.3 Å². The zero-order valence-corrected chi connectivity index (χ0v) is 12.1. The average molecular weight is 326 g/mol. The molecule has 0 spiro atoms. The number of hydrazine groups is 1. The minimum Gasteiger partial charge on any atom is -0.273 e. The van der Waals surface area contributed by atoms with Gasteiger partial charge < -0.3 is 0 Å². The number of carbonyl (C=O) groups excluding carboxylic acids is 2. The molecule has 1 aliphatic rings. The molecule has 0 radical (unpaired) electrons. The molecule has 102 valence electrons. The normalized spacial score (nSPS) is 15.8. The molecule has 6 heteroatoms. The average Bonchev–Trinajstić information content (AvgIpc) is 2.45. The topological polar surface area (TPSA) is 71.1 Å². The maximum atomic E-state index is 11.9. The number of halogens is 1. The van der Waals surface area contributed by atoms with Crippen molar-refractivity contribution in [1.82, 2.24) is 15.8 Å². The molecule has 1 aliphatic carbocycles. The molecule has 0 aliphatic heterocycles. The zero-order valence-electron chi connectivity index (χ0n) is 10.5. The van der Waals surface area contributed by atoms with Crippen molar-refractivity contribution >= 4 is 27.7 Å². The second-order valence-electron chi connectivity index (χ2n) is 4.67. The molecule has 1 fully saturated rings. The molecule has 0 atom stereocenters. The Kier molecular flexibility index (Phi) is 4.90. The Morgan fingerprint density at radius 1 is 1.16 bits per heavy atom. The van der Waals surface area contributed by atoms with Crippen LogP contribution >= 0.6 is 15.9 Å². The third kappa shape index (κ3) is 4.02. The first-order chi connectivity index (χ1) is 9.16. The molecule has 0 unspecified atom stereocenters. The summed E-state index contributed by atoms with van der Waals surface area (Å²) in [6.07, 6.45) is 8.22. The number of amides is 2. The Morgan fingerprint density at radius 3 is 2.58 bits per heavy atom. The lowest BCUT2D eigenvalue weighted by molar-refractivity contribution is -0.126. The first kappa shape index (κ1) is 14.0. The molecule has 5 nitrogen and oxygen atoms in total. The van der Waals surface area contributed by atoms with E-state index in [4.69, 9.17) is 0 Å². The molecular formula is C13H16BrN3O2. The van der Waals surface area contributed by atoms with Gasteiger partial charge in [-0.05, 0) is 34.8 Å². The zero-order chi connectivity index (χ0) is 13.7. The van der Waals surface area contributed by atoms with E-state index >= 15 is 0 Å². The predicted molar refractivity (Wildman–Crippen MR) is 74.1 cm³/mol. The predicted octanol–water partition coefficient (Wildman–Crippen LogP) is 2.19. The van der Waals surface area contributed by atoms with E-state index in [1.807, 2.05) is 0 Å². The van der Waals surface area contributed by atoms with E-state index in [1.165, 1.54) is 12.6 Å². The van der Waals surface area contributed by atoms with E-state index in [2.05, 4.69) is 31.8 Å². The molecule has 2 N–H and O–H groups in total. The third-order valence-corrected chi connectivity index (χ3v) is 3.68. The molecular weight excluding hydrogens is 310 g/mol. The van der Waals surface area contributed by atoms with Crippen molar-refractivity contribution in [3.63, 3.8) is 0 Å². The van der Waals surface area contributed by atoms with E-state index < -0.39 is 0 Å². The fourth-order valence-corrected chi connectivity index (χ4v) is 2.56. The lowest BCUT2D eigenvalue weighted by Crippen LogP contribution is -2.45. The van der Waals surface area contributed by atoms with E-state index in [0.29, 0.717) is 5.56 Å². The number of carbonyl (C=O) groups is 2. The van der Waals surface area contributed by atoms with Crippen molar-refractivity contribution < 1.29 is 9.59 Å². The van der Waals surface area contributed by atoms with E-state index in [9.17, 15) is 9.59 Å². The molecule has 2 amide bonds. The van der Waals surface area contributed by atoms with Crippen LogP contribution in [-0.2, 0) is 4.79 Å². The quantitative estimate of drug-likeness (QED) is 0.819. The highest BCUT2D eigenvalue weighted by Crippen LogP contribution is 2.23. The summed E-state index contributed by atoms with van der Waals surface area (Å²) < 4.78 is 0.721. The molecule has 2 rings (SSSR count). The van der Waals surface area contributed by atoms with Crippen molar-refractivity contribution in [2.45, 2.75) is 32.1 Å². The lowest BCUT2D eigenvalue weighted by Gasteiger charge is -2.20. The van der Waals surface area contributed by atoms with Gasteiger partial charge in [0, 0.05) is 22.8 Å². The summed E-state index contributed by atoms with van der Waals surface area (Å²) in [7, 11) is 0. The molecule has 1 aromatic heterocycles. The van der Waals surface area contributed by atoms with Gasteiger partial charge in [-0.3, -0.25) is 25.4 Å². The van der Waals surface area contributed by atoms with Crippen LogP contribution in [0, 0.1) is 5.92 Å². The molecule has 0 aromatic carbocycles. The number of nitrogens with one attached hydrogen (secondary N) is 2. The Balaban J connectivity index is 1.84. The van der Waals surface area contributed by atoms with Crippen LogP contribution in [0.1, 0.15) is 42.5 Å². The summed E-state index contributed by atoms with van der Waals surface area (Å²) in [5, 5.41) is 0. The van der Waals surface area contributed by atoms with Crippen LogP contribution in [-0.4, -0.2) is 16.8 Å². The first-order valence-corrected chi connectivity index (χ1v) is 7.17. The van der Waals surface area contributed by atoms with E-state index in [-0.39, 0.29) is 17.7 Å². The summed E-state index contributed by atoms with van der Waals surface area (Å²) in [5.41, 5.74) is 5.31. The number of rotatable bonds is 2. The van der Waals surface area contributed by atoms with Crippen molar-refractivity contribution in [2.75, 3.05) is 0 Å². The monoisotopic (exact) mass is 325 g/mol. The van der Waals surface area contributed by atoms with Gasteiger partial charge >= 0.3 is 0 Å². The summed E-state index contributed by atoms with van der Waals surface area (Å²) in [4.78, 5) is 27.5. The van der Waals surface area contributed by atoms with Crippen LogP contribution < -0.4 is 10.9 Å². The summed E-state index contributed by atoms with van der Waals surface area (Å²) in [6, 6.07) is 1.65. The Hall–Kier alpha value is -1.43. The maximum absolute atomic E-state index is 11.9. The highest BCUT2D eigenvalue weighted by atomic mass is 79.9. The minimum atomic E-state index is -0.363. The fraction of sp³-hybridized carbons (Fsp3) is 0.462. The van der Waals surface area contributed by atoms with Crippen molar-refractivity contribution in [1.29, 1.82) is 0 Å². The maximum Gasteiger partial charge on any atom is 0.271 e. The second kappa shape index (κ2) is 6.65. The first-order valence-electron chi connectivity index (χ1n) is 6.37. The largest absolute Gasteiger partial charge is 0.273 e. The van der Waals surface area contributed by atoms with Gasteiger partial charge in [0.1, 0.15) is 0 Å². The summed E-state index contributed by atoms with van der Waals surface area (Å²) >= 11 is 3.24. The van der Waals surface area contributed by atoms with Gasteiger partial charge in [0.25, 0.3) is 5.91 Å². The van der Waals surface area contributed by atoms with Crippen molar-refractivity contribution in [3.8, 4) is 0 Å². The molecule has 1 aromatic rings. The van der Waals surface area contributed by atoms with Crippen molar-refractivity contribution in [2.24, 2.45) is 5.92 Å². The number of aromatic nitrogens is 1. The van der Waals surface area contributed by atoms with Gasteiger partial charge in [0.2, 0.25) is 5.91 Å². The highest BCUT2D eigenvalue weighted by molar-refractivity contribution is 9.10. The van der Waals surface area contributed by atoms with Crippen LogP contribution in [0.4, 0.5) is 0 Å². The summed E-state index contributed by atoms with van der Waals surface area (Å²) in [6.45, 7) is 0. The number of hydrogen-bond donors (Lipinski definition) is 2. The molecule has 1 heterocycles. The van der Waals surface area contributed by atoms with Crippen LogP contribution in [0.2, 0.25) is 0 Å². The lowest BCUT2D eigenvalue weighted by atomic mass is 9.89. The Labute approximate surface area is 120 Å². The SMILES string of the molecule is O=C(NNC(=O)C1CCCCC1)c1cncc(Br)c1. The van der Waals surface area contributed by atoms with Crippen LogP contribution in [0.15, 0.2) is 22.9 Å². The molecule has 1 saturated carbocycles. The standard InChI is InChI=1S/C13H16BrN3O2/c14-11-6-10(7-15-8-11)13(19)17-16-12(18)9-4-2-1-3-5-9/h6-9H,1-5H2,(H,16,18)(H,17,19).